The molecule has 0 bridgehead atoms. The van der Waals surface area contributed by atoms with E-state index in [1.165, 1.54) is 109 Å². The highest BCUT2D eigenvalue weighted by Crippen LogP contribution is 2.21. The molecule has 10 nitrogen and oxygen atoms in total. The van der Waals surface area contributed by atoms with Gasteiger partial charge in [-0.05, 0) is 97.8 Å². The minimum absolute atomic E-state index is 0.0456. The van der Waals surface area contributed by atoms with Gasteiger partial charge in [-0.3, -0.25) is 24.1 Å². The minimum Gasteiger partial charge on any atom is -0.481 e. The number of carboxylic acid groups (broad SMARTS) is 1. The Balaban J connectivity index is 0.00000378. The average molecular weight is 839 g/mol. The predicted molar refractivity (Wildman–Crippen MR) is 243 cm³/mol. The number of rotatable bonds is 40. The molecule has 10 heteroatoms. The van der Waals surface area contributed by atoms with Crippen LogP contribution in [0.2, 0.25) is 0 Å². The predicted octanol–water partition coefficient (Wildman–Crippen LogP) is 12.2. The molecular formula is C49H94N2O8. The second-order valence-electron chi connectivity index (χ2n) is 17.3. The van der Waals surface area contributed by atoms with Gasteiger partial charge in [-0.25, -0.2) is 0 Å². The number of carbonyl (C=O) groups is 4. The summed E-state index contributed by atoms with van der Waals surface area (Å²) >= 11 is 0. The summed E-state index contributed by atoms with van der Waals surface area (Å²) in [6.07, 6.45) is 35.5. The average Bonchev–Trinajstić information content (AvgIpc) is 3.69. The molecule has 1 heterocycles. The lowest BCUT2D eigenvalue weighted by molar-refractivity contribution is -0.150. The number of aliphatic carboxylic acids is 1. The lowest BCUT2D eigenvalue weighted by Crippen LogP contribution is -2.38. The summed E-state index contributed by atoms with van der Waals surface area (Å²) in [6, 6.07) is -0.166. The first kappa shape index (κ1) is 56.8. The molecule has 0 aromatic heterocycles. The number of unbranched alkanes of at least 4 members (excludes halogenated alkanes) is 21. The van der Waals surface area contributed by atoms with Crippen LogP contribution < -0.4 is 0 Å². The molecule has 1 aliphatic rings. The van der Waals surface area contributed by atoms with E-state index in [4.69, 9.17) is 19.3 Å². The number of likely N-dealkylation sites (tertiary alicyclic amines) is 1. The molecule has 0 saturated carbocycles. The van der Waals surface area contributed by atoms with Gasteiger partial charge in [-0.1, -0.05) is 143 Å². The first-order valence-corrected chi connectivity index (χ1v) is 24.8. The number of hydrogen-bond donors (Lipinski definition) is 1. The third-order valence-electron chi connectivity index (χ3n) is 11.3. The van der Waals surface area contributed by atoms with Crippen molar-refractivity contribution >= 4 is 23.9 Å². The fourth-order valence-corrected chi connectivity index (χ4v) is 7.56. The third kappa shape index (κ3) is 38.5. The molecule has 0 unspecified atom stereocenters. The molecule has 1 rings (SSSR count). The van der Waals surface area contributed by atoms with Crippen molar-refractivity contribution in [3.63, 3.8) is 0 Å². The van der Waals surface area contributed by atoms with E-state index in [1.54, 1.807) is 0 Å². The van der Waals surface area contributed by atoms with E-state index in [0.717, 1.165) is 83.7 Å². The van der Waals surface area contributed by atoms with Crippen LogP contribution in [0.15, 0.2) is 0 Å². The summed E-state index contributed by atoms with van der Waals surface area (Å²) in [6.45, 7) is 10.1. The lowest BCUT2D eigenvalue weighted by atomic mass is 10.0. The Labute approximate surface area is 363 Å². The summed E-state index contributed by atoms with van der Waals surface area (Å²) in [5.74, 6) is -1.05. The smallest absolute Gasteiger partial charge is 0.323 e. The molecule has 0 amide bonds. The monoisotopic (exact) mass is 839 g/mol. The third-order valence-corrected chi connectivity index (χ3v) is 11.3. The molecule has 1 aliphatic heterocycles. The van der Waals surface area contributed by atoms with Gasteiger partial charge in [-0.2, -0.15) is 0 Å². The quantitative estimate of drug-likeness (QED) is 0.0362. The Hall–Kier alpha value is -2.20. The van der Waals surface area contributed by atoms with E-state index in [-0.39, 0.29) is 36.5 Å². The lowest BCUT2D eigenvalue weighted by Gasteiger charge is -2.22. The van der Waals surface area contributed by atoms with Crippen LogP contribution in [0.25, 0.3) is 0 Å². The van der Waals surface area contributed by atoms with E-state index >= 15 is 0 Å². The number of esters is 3. The largest absolute Gasteiger partial charge is 0.481 e. The van der Waals surface area contributed by atoms with Gasteiger partial charge in [0.25, 0.3) is 0 Å². The topological polar surface area (TPSA) is 123 Å². The zero-order valence-electron chi connectivity index (χ0n) is 39.2. The Morgan fingerprint density at radius 2 is 1.03 bits per heavy atom. The zero-order valence-corrected chi connectivity index (χ0v) is 39.2. The van der Waals surface area contributed by atoms with Gasteiger partial charge in [0.2, 0.25) is 0 Å². The van der Waals surface area contributed by atoms with Gasteiger partial charge in [-0.15, -0.1) is 0 Å². The second kappa shape index (κ2) is 42.5. The van der Waals surface area contributed by atoms with Crippen LogP contribution in [0, 0.1) is 0 Å². The summed E-state index contributed by atoms with van der Waals surface area (Å²) in [4.78, 5) is 51.6. The van der Waals surface area contributed by atoms with Crippen LogP contribution in [-0.4, -0.2) is 97.9 Å². The maximum Gasteiger partial charge on any atom is 0.323 e. The first-order chi connectivity index (χ1) is 28.6. The Morgan fingerprint density at radius 3 is 1.56 bits per heavy atom. The molecule has 0 aromatic rings. The molecule has 59 heavy (non-hydrogen) atoms. The standard InChI is InChI=1S/C44H83NO6.C5H11NO2/c1-4-7-10-13-16-17-18-21-28-38-49-42(46)34-25-22-27-36-45-37-30-33-41(45)44(48)50-39-29-26-35-43(47)51-40(31-23-19-14-11-8-5-2)32-24-20-15-12-9-6-3;1-6(2)4-3-5(7)8/h40-41H,4-39H2,1-3H3;3-4H2,1-2H3,(H,7,8)/t41-;/m0./s1. The fourth-order valence-electron chi connectivity index (χ4n) is 7.56. The van der Waals surface area contributed by atoms with Crippen molar-refractivity contribution in [3.8, 4) is 0 Å². The van der Waals surface area contributed by atoms with E-state index < -0.39 is 5.97 Å². The summed E-state index contributed by atoms with van der Waals surface area (Å²) in [5, 5.41) is 8.14. The van der Waals surface area contributed by atoms with Crippen molar-refractivity contribution in [2.75, 3.05) is 46.9 Å². The molecule has 348 valence electrons. The molecular weight excluding hydrogens is 745 g/mol. The Morgan fingerprint density at radius 1 is 0.576 bits per heavy atom. The van der Waals surface area contributed by atoms with Crippen LogP contribution >= 0.6 is 0 Å². The number of hydrogen-bond acceptors (Lipinski definition) is 9. The van der Waals surface area contributed by atoms with Gasteiger partial charge in [0.1, 0.15) is 12.1 Å². The van der Waals surface area contributed by atoms with Crippen molar-refractivity contribution in [1.29, 1.82) is 0 Å². The minimum atomic E-state index is -0.737. The SMILES string of the molecule is CCCCCCCCCCCOC(=O)CCCCCN1CCC[C@H]1C(=O)OCCCCC(=O)OC(CCCCCCCC)CCCCCCCC.CN(C)CCC(=O)O. The fraction of sp³-hybridized carbons (Fsp3) is 0.918. The maximum absolute atomic E-state index is 12.9. The van der Waals surface area contributed by atoms with E-state index in [0.29, 0.717) is 45.4 Å². The zero-order chi connectivity index (χ0) is 43.6. The summed E-state index contributed by atoms with van der Waals surface area (Å²) < 4.78 is 17.1. The number of carbonyl (C=O) groups excluding carboxylic acids is 3. The normalized spacial score (nSPS) is 14.1. The molecule has 1 saturated heterocycles. The Kier molecular flexibility index (Phi) is 40.9. The highest BCUT2D eigenvalue weighted by molar-refractivity contribution is 5.76. The molecule has 1 atom stereocenters. The highest BCUT2D eigenvalue weighted by atomic mass is 16.5. The molecule has 0 aliphatic carbocycles. The van der Waals surface area contributed by atoms with Gasteiger partial charge < -0.3 is 24.2 Å². The summed E-state index contributed by atoms with van der Waals surface area (Å²) in [7, 11) is 3.70. The van der Waals surface area contributed by atoms with Gasteiger partial charge in [0, 0.05) is 19.4 Å². The van der Waals surface area contributed by atoms with Crippen molar-refractivity contribution < 1.29 is 38.5 Å². The number of carboxylic acids is 1. The molecule has 1 fully saturated rings. The van der Waals surface area contributed by atoms with Gasteiger partial charge in [0.05, 0.1) is 19.6 Å². The van der Waals surface area contributed by atoms with Crippen LogP contribution in [0.5, 0.6) is 0 Å². The molecule has 0 radical (unpaired) electrons. The maximum atomic E-state index is 12.9. The van der Waals surface area contributed by atoms with Crippen molar-refractivity contribution in [1.82, 2.24) is 9.80 Å². The first-order valence-electron chi connectivity index (χ1n) is 24.8. The highest BCUT2D eigenvalue weighted by Gasteiger charge is 2.31. The van der Waals surface area contributed by atoms with Gasteiger partial charge >= 0.3 is 23.9 Å². The molecule has 0 aromatic carbocycles. The van der Waals surface area contributed by atoms with Crippen LogP contribution in [0.4, 0.5) is 0 Å². The van der Waals surface area contributed by atoms with Crippen molar-refractivity contribution in [3.05, 3.63) is 0 Å². The van der Waals surface area contributed by atoms with E-state index in [9.17, 15) is 19.2 Å². The van der Waals surface area contributed by atoms with Crippen molar-refractivity contribution in [2.45, 2.75) is 245 Å². The summed E-state index contributed by atoms with van der Waals surface area (Å²) in [5.41, 5.74) is 0. The van der Waals surface area contributed by atoms with Crippen LogP contribution in [-0.2, 0) is 33.4 Å². The van der Waals surface area contributed by atoms with E-state index in [1.807, 2.05) is 19.0 Å². The number of nitrogens with zero attached hydrogens (tertiary/aromatic N) is 2. The number of ether oxygens (including phenoxy) is 3. The molecule has 1 N–H and O–H groups in total. The Bertz CT molecular complexity index is 977. The van der Waals surface area contributed by atoms with E-state index in [2.05, 4.69) is 25.7 Å². The van der Waals surface area contributed by atoms with Crippen LogP contribution in [0.1, 0.15) is 233 Å². The van der Waals surface area contributed by atoms with Gasteiger partial charge in [0.15, 0.2) is 0 Å². The molecule has 0 spiro atoms. The second-order valence-corrected chi connectivity index (χ2v) is 17.3. The van der Waals surface area contributed by atoms with Crippen molar-refractivity contribution in [2.24, 2.45) is 0 Å². The van der Waals surface area contributed by atoms with Crippen LogP contribution in [0.3, 0.4) is 0 Å².